The normalized spacial score (nSPS) is 26.4. The van der Waals surface area contributed by atoms with E-state index in [-0.39, 0.29) is 12.1 Å². The molecule has 3 heterocycles. The van der Waals surface area contributed by atoms with E-state index in [0.29, 0.717) is 29.6 Å². The Morgan fingerprint density at radius 3 is 2.43 bits per heavy atom. The first kappa shape index (κ1) is 14.7. The third-order valence-electron chi connectivity index (χ3n) is 4.19. The van der Waals surface area contributed by atoms with Crippen LogP contribution in [0.15, 0.2) is 12.3 Å². The van der Waals surface area contributed by atoms with E-state index in [1.165, 1.54) is 6.20 Å². The fourth-order valence-corrected chi connectivity index (χ4v) is 3.36. The molecule has 3 rings (SSSR count). The van der Waals surface area contributed by atoms with E-state index in [1.54, 1.807) is 11.0 Å². The molecule has 0 amide bonds. The lowest BCUT2D eigenvalue weighted by atomic mass is 10.2. The molecule has 116 valence electrons. The zero-order chi connectivity index (χ0) is 15.2. The number of halogens is 4. The van der Waals surface area contributed by atoms with Gasteiger partial charge in [0.2, 0.25) is 0 Å². The Kier molecular flexibility index (Phi) is 3.65. The molecule has 0 aliphatic carbocycles. The lowest BCUT2D eigenvalue weighted by molar-refractivity contribution is -0.153. The van der Waals surface area contributed by atoms with Gasteiger partial charge >= 0.3 is 6.18 Å². The van der Waals surface area contributed by atoms with Crippen LogP contribution in [0.25, 0.3) is 0 Å². The van der Waals surface area contributed by atoms with Gasteiger partial charge < -0.3 is 10.6 Å². The Bertz CT molecular complexity index is 523. The van der Waals surface area contributed by atoms with Gasteiger partial charge in [0.1, 0.15) is 5.82 Å². The van der Waals surface area contributed by atoms with Crippen molar-refractivity contribution in [2.75, 3.05) is 30.3 Å². The molecular formula is C13H16ClF3N4. The Balaban J connectivity index is 1.75. The molecule has 2 fully saturated rings. The van der Waals surface area contributed by atoms with Crippen molar-refractivity contribution in [1.82, 2.24) is 9.88 Å². The predicted octanol–water partition coefficient (Wildman–Crippen LogP) is 2.53. The monoisotopic (exact) mass is 320 g/mol. The van der Waals surface area contributed by atoms with Crippen LogP contribution < -0.4 is 10.6 Å². The number of fused-ring (bicyclic) bond motifs is 2. The fourth-order valence-electron chi connectivity index (χ4n) is 3.26. The van der Waals surface area contributed by atoms with Crippen molar-refractivity contribution < 1.29 is 13.2 Å². The molecule has 4 nitrogen and oxygen atoms in total. The van der Waals surface area contributed by atoms with E-state index in [4.69, 9.17) is 17.3 Å². The molecule has 0 aromatic carbocycles. The minimum Gasteiger partial charge on any atom is -0.397 e. The van der Waals surface area contributed by atoms with Crippen molar-refractivity contribution >= 4 is 23.1 Å². The third-order valence-corrected chi connectivity index (χ3v) is 4.51. The van der Waals surface area contributed by atoms with Crippen LogP contribution in [0, 0.1) is 0 Å². The Labute approximate surface area is 125 Å². The van der Waals surface area contributed by atoms with Crippen molar-refractivity contribution in [3.05, 3.63) is 17.3 Å². The number of nitrogen functional groups attached to an aromatic ring is 1. The lowest BCUT2D eigenvalue weighted by Crippen LogP contribution is -2.56. The largest absolute Gasteiger partial charge is 0.401 e. The summed E-state index contributed by atoms with van der Waals surface area (Å²) in [6.07, 6.45) is -1.08. The molecule has 1 aromatic heterocycles. The molecule has 2 bridgehead atoms. The van der Waals surface area contributed by atoms with E-state index < -0.39 is 12.7 Å². The Morgan fingerprint density at radius 1 is 1.29 bits per heavy atom. The van der Waals surface area contributed by atoms with Gasteiger partial charge in [-0.15, -0.1) is 0 Å². The van der Waals surface area contributed by atoms with Crippen molar-refractivity contribution in [1.29, 1.82) is 0 Å². The van der Waals surface area contributed by atoms with Crippen LogP contribution >= 0.6 is 11.6 Å². The highest BCUT2D eigenvalue weighted by molar-refractivity contribution is 6.32. The second kappa shape index (κ2) is 5.21. The van der Waals surface area contributed by atoms with E-state index in [1.807, 2.05) is 4.90 Å². The van der Waals surface area contributed by atoms with Crippen LogP contribution in [0.1, 0.15) is 12.8 Å². The molecule has 2 N–H and O–H groups in total. The molecule has 8 heteroatoms. The number of rotatable bonds is 2. The van der Waals surface area contributed by atoms with Crippen molar-refractivity contribution in [2.24, 2.45) is 0 Å². The second-order valence-corrected chi connectivity index (χ2v) is 6.05. The minimum atomic E-state index is -4.15. The Hall–Kier alpha value is -1.21. The molecule has 0 radical (unpaired) electrons. The summed E-state index contributed by atoms with van der Waals surface area (Å²) in [7, 11) is 0. The maximum absolute atomic E-state index is 12.6. The van der Waals surface area contributed by atoms with Gasteiger partial charge in [-0.1, -0.05) is 11.6 Å². The molecule has 1 unspecified atom stereocenters. The van der Waals surface area contributed by atoms with Gasteiger partial charge in [-0.2, -0.15) is 13.2 Å². The van der Waals surface area contributed by atoms with Gasteiger partial charge in [-0.25, -0.2) is 4.98 Å². The topological polar surface area (TPSA) is 45.4 Å². The summed E-state index contributed by atoms with van der Waals surface area (Å²) in [6, 6.07) is 1.52. The van der Waals surface area contributed by atoms with Crippen LogP contribution in [-0.2, 0) is 0 Å². The van der Waals surface area contributed by atoms with Gasteiger partial charge in [0.05, 0.1) is 17.3 Å². The number of pyridine rings is 1. The van der Waals surface area contributed by atoms with Gasteiger partial charge in [0, 0.05) is 37.4 Å². The van der Waals surface area contributed by atoms with E-state index in [2.05, 4.69) is 4.98 Å². The summed E-state index contributed by atoms with van der Waals surface area (Å²) in [5.74, 6) is 0.681. The fraction of sp³-hybridized carbons (Fsp3) is 0.615. The maximum Gasteiger partial charge on any atom is 0.401 e. The number of alkyl halides is 3. The molecule has 2 aliphatic rings. The van der Waals surface area contributed by atoms with Crippen LogP contribution in [0.4, 0.5) is 24.7 Å². The molecule has 2 saturated heterocycles. The molecule has 0 saturated carbocycles. The summed E-state index contributed by atoms with van der Waals surface area (Å²) in [4.78, 5) is 7.81. The number of nitrogens with zero attached hydrogens (tertiary/aromatic N) is 3. The van der Waals surface area contributed by atoms with Crippen molar-refractivity contribution in [3.8, 4) is 0 Å². The van der Waals surface area contributed by atoms with Crippen LogP contribution in [-0.4, -0.2) is 47.8 Å². The number of hydrogen-bond donors (Lipinski definition) is 1. The molecule has 2 atom stereocenters. The molecule has 0 spiro atoms. The summed E-state index contributed by atoms with van der Waals surface area (Å²) in [5, 5.41) is 0.387. The van der Waals surface area contributed by atoms with Crippen LogP contribution in [0.5, 0.6) is 0 Å². The molecule has 21 heavy (non-hydrogen) atoms. The smallest absolute Gasteiger partial charge is 0.397 e. The zero-order valence-electron chi connectivity index (χ0n) is 11.3. The number of hydrogen-bond acceptors (Lipinski definition) is 4. The van der Waals surface area contributed by atoms with Gasteiger partial charge in [0.15, 0.2) is 0 Å². The van der Waals surface area contributed by atoms with E-state index in [9.17, 15) is 13.2 Å². The number of piperazine rings is 1. The number of nitrogens with two attached hydrogens (primary N) is 1. The highest BCUT2D eigenvalue weighted by Crippen LogP contribution is 2.35. The predicted molar refractivity (Wildman–Crippen MR) is 75.4 cm³/mol. The van der Waals surface area contributed by atoms with Crippen LogP contribution in [0.3, 0.4) is 0 Å². The first-order chi connectivity index (χ1) is 9.83. The van der Waals surface area contributed by atoms with Crippen molar-refractivity contribution in [2.45, 2.75) is 31.1 Å². The highest BCUT2D eigenvalue weighted by atomic mass is 35.5. The average Bonchev–Trinajstić information content (AvgIpc) is 2.62. The summed E-state index contributed by atoms with van der Waals surface area (Å²) in [5.41, 5.74) is 6.20. The van der Waals surface area contributed by atoms with Gasteiger partial charge in [-0.05, 0) is 12.8 Å². The number of anilines is 2. The molecule has 2 aliphatic heterocycles. The number of aromatic nitrogens is 1. The summed E-state index contributed by atoms with van der Waals surface area (Å²) in [6.45, 7) is 0.258. The summed E-state index contributed by atoms with van der Waals surface area (Å²) < 4.78 is 37.9. The summed E-state index contributed by atoms with van der Waals surface area (Å²) >= 11 is 5.85. The van der Waals surface area contributed by atoms with E-state index in [0.717, 1.165) is 12.8 Å². The van der Waals surface area contributed by atoms with Gasteiger partial charge in [-0.3, -0.25) is 4.90 Å². The van der Waals surface area contributed by atoms with Crippen LogP contribution in [0.2, 0.25) is 5.02 Å². The lowest BCUT2D eigenvalue weighted by Gasteiger charge is -2.41. The quantitative estimate of drug-likeness (QED) is 0.909. The average molecular weight is 321 g/mol. The molecular weight excluding hydrogens is 305 g/mol. The van der Waals surface area contributed by atoms with E-state index >= 15 is 0 Å². The zero-order valence-corrected chi connectivity index (χ0v) is 12.0. The Morgan fingerprint density at radius 2 is 1.90 bits per heavy atom. The second-order valence-electron chi connectivity index (χ2n) is 5.64. The first-order valence-electron chi connectivity index (χ1n) is 6.82. The molecule has 1 aromatic rings. The highest BCUT2D eigenvalue weighted by Gasteiger charge is 2.45. The minimum absolute atomic E-state index is 0.0796. The maximum atomic E-state index is 12.6. The SMILES string of the molecule is Nc1cc(N2CC3CC[C@H](C2)N3CC(F)(F)F)ncc1Cl. The van der Waals surface area contributed by atoms with Crippen molar-refractivity contribution in [3.63, 3.8) is 0 Å². The first-order valence-corrected chi connectivity index (χ1v) is 7.20. The van der Waals surface area contributed by atoms with Gasteiger partial charge in [0.25, 0.3) is 0 Å². The third kappa shape index (κ3) is 3.03. The standard InChI is InChI=1S/C13H16ClF3N4/c14-10-4-19-12(3-11(10)18)20-5-8-1-2-9(6-20)21(8)7-13(15,16)17/h3-4,8-9H,1-2,5-7H2,(H2,18,19)/t8-,9?/m1/s1.